The Balaban J connectivity index is 1.53. The molecule has 1 fully saturated rings. The lowest BCUT2D eigenvalue weighted by Crippen LogP contribution is -2.27. The number of hydrogen-bond acceptors (Lipinski definition) is 9. The van der Waals surface area contributed by atoms with E-state index in [0.717, 1.165) is 35.4 Å². The minimum absolute atomic E-state index is 0.0213. The summed E-state index contributed by atoms with van der Waals surface area (Å²) in [4.78, 5) is 36.1. The zero-order valence-electron chi connectivity index (χ0n) is 19.5. The van der Waals surface area contributed by atoms with Gasteiger partial charge in [0.25, 0.3) is 5.56 Å². The molecule has 1 saturated carbocycles. The van der Waals surface area contributed by atoms with E-state index < -0.39 is 10.0 Å². The van der Waals surface area contributed by atoms with Crippen molar-refractivity contribution in [3.05, 3.63) is 64.1 Å². The summed E-state index contributed by atoms with van der Waals surface area (Å²) in [5.74, 6) is 1.01. The molecule has 3 N–H and O–H groups in total. The second kappa shape index (κ2) is 9.44. The zero-order chi connectivity index (χ0) is 25.6. The van der Waals surface area contributed by atoms with Gasteiger partial charge >= 0.3 is 0 Å². The molecule has 0 saturated heterocycles. The van der Waals surface area contributed by atoms with Gasteiger partial charge in [-0.15, -0.1) is 0 Å². The Kier molecular flexibility index (Phi) is 6.46. The van der Waals surface area contributed by atoms with Gasteiger partial charge in [0, 0.05) is 12.5 Å². The van der Waals surface area contributed by atoms with E-state index in [2.05, 4.69) is 47.8 Å². The monoisotopic (exact) mass is 618 g/mol. The van der Waals surface area contributed by atoms with Gasteiger partial charge in [0.2, 0.25) is 10.0 Å². The number of hydrogen-bond donors (Lipinski definition) is 2. The highest BCUT2D eigenvalue weighted by atomic mass is 127. The average Bonchev–Trinajstić information content (AvgIpc) is 3.67. The maximum absolute atomic E-state index is 13.4. The normalized spacial score (nSPS) is 14.7. The lowest BCUT2D eigenvalue weighted by molar-refractivity contribution is 0.598. The van der Waals surface area contributed by atoms with E-state index >= 15 is 0 Å². The Morgan fingerprint density at radius 3 is 2.53 bits per heavy atom. The van der Waals surface area contributed by atoms with Crippen LogP contribution < -0.4 is 16.0 Å². The van der Waals surface area contributed by atoms with Gasteiger partial charge in [0.05, 0.1) is 32.1 Å². The van der Waals surface area contributed by atoms with Crippen LogP contribution in [0.2, 0.25) is 0 Å². The quantitative estimate of drug-likeness (QED) is 0.235. The number of sulfonamides is 1. The Labute approximate surface area is 220 Å². The van der Waals surface area contributed by atoms with Crippen LogP contribution in [0.25, 0.3) is 22.6 Å². The summed E-state index contributed by atoms with van der Waals surface area (Å²) < 4.78 is 24.3. The van der Waals surface area contributed by atoms with Crippen LogP contribution in [0.4, 0.5) is 5.82 Å². The average molecular weight is 618 g/mol. The fourth-order valence-corrected chi connectivity index (χ4v) is 5.02. The number of fused-ring (bicyclic) bond motifs is 1. The minimum Gasteiger partial charge on any atom is -0.361 e. The van der Waals surface area contributed by atoms with E-state index in [0.29, 0.717) is 22.9 Å². The molecular formula is C23H23IN8O3S. The molecule has 3 heterocycles. The molecule has 11 nitrogen and oxygen atoms in total. The molecule has 0 spiro atoms. The molecule has 0 unspecified atom stereocenters. The molecule has 4 aromatic rings. The number of rotatable bonds is 7. The van der Waals surface area contributed by atoms with Crippen molar-refractivity contribution in [1.82, 2.24) is 29.5 Å². The Bertz CT molecular complexity index is 1630. The molecule has 1 atom stereocenters. The second-order valence-corrected chi connectivity index (χ2v) is 12.0. The van der Waals surface area contributed by atoms with Crippen LogP contribution in [0.15, 0.2) is 46.5 Å². The van der Waals surface area contributed by atoms with E-state index in [1.807, 2.05) is 13.8 Å². The maximum Gasteiger partial charge on any atom is 0.295 e. The van der Waals surface area contributed by atoms with Crippen molar-refractivity contribution in [2.24, 2.45) is 5.14 Å². The van der Waals surface area contributed by atoms with Crippen LogP contribution in [0, 0.1) is 6.92 Å². The zero-order valence-corrected chi connectivity index (χ0v) is 22.5. The van der Waals surface area contributed by atoms with Crippen molar-refractivity contribution in [2.75, 3.05) is 5.32 Å². The van der Waals surface area contributed by atoms with Gasteiger partial charge in [-0.25, -0.2) is 38.5 Å². The highest BCUT2D eigenvalue weighted by Gasteiger charge is 2.30. The summed E-state index contributed by atoms with van der Waals surface area (Å²) in [6.07, 6.45) is 5.34. The van der Waals surface area contributed by atoms with Crippen molar-refractivity contribution in [2.45, 2.75) is 48.1 Å². The molecule has 0 radical (unpaired) electrons. The third kappa shape index (κ3) is 4.82. The number of benzene rings is 1. The van der Waals surface area contributed by atoms with Gasteiger partial charge in [-0.1, -0.05) is 34.7 Å². The van der Waals surface area contributed by atoms with Gasteiger partial charge in [0.1, 0.15) is 11.8 Å². The van der Waals surface area contributed by atoms with E-state index in [9.17, 15) is 13.2 Å². The van der Waals surface area contributed by atoms with Crippen molar-refractivity contribution in [3.8, 4) is 11.4 Å². The molecular weight excluding hydrogens is 595 g/mol. The van der Waals surface area contributed by atoms with Crippen molar-refractivity contribution in [1.29, 1.82) is 0 Å². The first kappa shape index (κ1) is 24.6. The molecule has 36 heavy (non-hydrogen) atoms. The topological polar surface area (TPSA) is 159 Å². The van der Waals surface area contributed by atoms with Gasteiger partial charge in [-0.3, -0.25) is 9.36 Å². The molecule has 0 bridgehead atoms. The highest BCUT2D eigenvalue weighted by Crippen LogP contribution is 2.43. The number of aromatic nitrogens is 6. The summed E-state index contributed by atoms with van der Waals surface area (Å²) in [6, 6.07) is 6.10. The number of primary sulfonamides is 1. The first-order valence-corrected chi connectivity index (χ1v) is 14.0. The van der Waals surface area contributed by atoms with E-state index in [1.54, 1.807) is 29.2 Å². The van der Waals surface area contributed by atoms with Crippen LogP contribution in [0.3, 0.4) is 0 Å². The van der Waals surface area contributed by atoms with E-state index in [-0.39, 0.29) is 26.9 Å². The first-order valence-electron chi connectivity index (χ1n) is 11.2. The fourth-order valence-electron chi connectivity index (χ4n) is 3.98. The largest absolute Gasteiger partial charge is 0.361 e. The van der Waals surface area contributed by atoms with Gasteiger partial charge in [-0.2, -0.15) is 0 Å². The van der Waals surface area contributed by atoms with Crippen LogP contribution >= 0.6 is 22.6 Å². The molecule has 0 amide bonds. The number of aryl methyl sites for hydroxylation is 1. The van der Waals surface area contributed by atoms with Crippen LogP contribution in [-0.2, 0) is 16.6 Å². The van der Waals surface area contributed by atoms with Gasteiger partial charge < -0.3 is 5.32 Å². The Morgan fingerprint density at radius 2 is 1.89 bits per heavy atom. The maximum atomic E-state index is 13.4. The van der Waals surface area contributed by atoms with E-state index in [4.69, 9.17) is 10.1 Å². The molecule has 3 aromatic heterocycles. The summed E-state index contributed by atoms with van der Waals surface area (Å²) >= 11 is 2.16. The van der Waals surface area contributed by atoms with Crippen molar-refractivity contribution < 1.29 is 8.42 Å². The molecule has 5 rings (SSSR count). The number of anilines is 1. The number of nitrogens with two attached hydrogens (primary N) is 1. The number of nitrogens with one attached hydrogen (secondary N) is 1. The summed E-state index contributed by atoms with van der Waals surface area (Å²) in [5, 5.41) is 8.21. The van der Waals surface area contributed by atoms with Crippen LogP contribution in [0.5, 0.6) is 0 Å². The standard InChI is InChI=1S/C23H23IN8O3S/c1-12-18(19(15-5-6-15)29-11-28-12)20-27-10-17-22(31-20)32(13(2)24)23(33)21(30-17)26-9-14-3-7-16(8-4-14)36(25,34)35/h3-4,7-8,10-11,13,15H,5-6,9H2,1-2H3,(H,26,30)(H2,25,34,35)/t13-/m1/s1. The predicted octanol–water partition coefficient (Wildman–Crippen LogP) is 3.04. The van der Waals surface area contributed by atoms with Crippen LogP contribution in [-0.4, -0.2) is 37.9 Å². The third-order valence-electron chi connectivity index (χ3n) is 5.95. The fraction of sp³-hybridized carbons (Fsp3) is 0.304. The highest BCUT2D eigenvalue weighted by molar-refractivity contribution is 14.1. The molecule has 13 heteroatoms. The van der Waals surface area contributed by atoms with Gasteiger partial charge in [0.15, 0.2) is 17.3 Å². The minimum atomic E-state index is -3.77. The second-order valence-electron chi connectivity index (χ2n) is 8.65. The van der Waals surface area contributed by atoms with Crippen LogP contribution in [0.1, 0.15) is 46.7 Å². The predicted molar refractivity (Wildman–Crippen MR) is 143 cm³/mol. The van der Waals surface area contributed by atoms with Crippen molar-refractivity contribution >= 4 is 49.6 Å². The number of nitrogens with zero attached hydrogens (tertiary/aromatic N) is 6. The molecule has 186 valence electrons. The molecule has 0 aliphatic heterocycles. The Hall–Kier alpha value is -3.04. The Morgan fingerprint density at radius 1 is 1.17 bits per heavy atom. The molecule has 1 aliphatic carbocycles. The SMILES string of the molecule is Cc1ncnc(C2CC2)c1-c1ncc2nc(NCc3ccc(S(N)(=O)=O)cc3)c(=O)n([C@H](C)I)c2n1. The lowest BCUT2D eigenvalue weighted by Gasteiger charge is -2.16. The van der Waals surface area contributed by atoms with Gasteiger partial charge in [-0.05, 0) is 44.4 Å². The lowest BCUT2D eigenvalue weighted by atomic mass is 10.1. The first-order chi connectivity index (χ1) is 17.1. The molecule has 1 aromatic carbocycles. The smallest absolute Gasteiger partial charge is 0.295 e. The summed E-state index contributed by atoms with van der Waals surface area (Å²) in [7, 11) is -3.77. The summed E-state index contributed by atoms with van der Waals surface area (Å²) in [6.45, 7) is 4.06. The third-order valence-corrected chi connectivity index (χ3v) is 7.44. The van der Waals surface area contributed by atoms with Crippen molar-refractivity contribution in [3.63, 3.8) is 0 Å². The summed E-state index contributed by atoms with van der Waals surface area (Å²) in [5.41, 5.74) is 3.89. The molecule has 1 aliphatic rings. The number of alkyl halides is 1. The van der Waals surface area contributed by atoms with E-state index in [1.165, 1.54) is 12.1 Å². The number of halogens is 1.